The second-order valence-electron chi connectivity index (χ2n) is 10.8. The maximum atomic E-state index is 13.9. The van der Waals surface area contributed by atoms with Gasteiger partial charge in [-0.05, 0) is 92.1 Å². The second kappa shape index (κ2) is 8.39. The predicted molar refractivity (Wildman–Crippen MR) is 153 cm³/mol. The van der Waals surface area contributed by atoms with Gasteiger partial charge in [0.15, 0.2) is 0 Å². The van der Waals surface area contributed by atoms with E-state index < -0.39 is 11.2 Å². The molecule has 0 radical (unpaired) electrons. The molecule has 5 aromatic rings. The molecule has 0 saturated heterocycles. The Morgan fingerprint density at radius 3 is 2.27 bits per heavy atom. The highest BCUT2D eigenvalue weighted by atomic mass is 19.1. The molecule has 3 nitrogen and oxygen atoms in total. The quantitative estimate of drug-likeness (QED) is 0.171. The van der Waals surface area contributed by atoms with Crippen molar-refractivity contribution < 1.29 is 14.2 Å². The molecule has 37 heavy (non-hydrogen) atoms. The summed E-state index contributed by atoms with van der Waals surface area (Å²) in [6, 6.07) is 21.1. The van der Waals surface area contributed by atoms with Crippen molar-refractivity contribution in [3.05, 3.63) is 89.4 Å². The number of nitrogens with zero attached hydrogens (tertiary/aromatic N) is 1. The highest BCUT2D eigenvalue weighted by Gasteiger charge is 2.35. The largest absolute Gasteiger partial charge is 0.427 e. The van der Waals surface area contributed by atoms with Crippen molar-refractivity contribution in [2.75, 3.05) is 0 Å². The summed E-state index contributed by atoms with van der Waals surface area (Å²) in [7, 11) is 0.343. The van der Waals surface area contributed by atoms with Gasteiger partial charge in [0.05, 0.1) is 22.4 Å². The van der Waals surface area contributed by atoms with Crippen molar-refractivity contribution in [3.63, 3.8) is 0 Å². The number of rotatable bonds is 5. The number of pyridine rings is 1. The van der Waals surface area contributed by atoms with Crippen LogP contribution < -0.4 is 5.46 Å². The molecule has 0 atom stereocenters. The first-order valence-corrected chi connectivity index (χ1v) is 12.5. The lowest BCUT2D eigenvalue weighted by Gasteiger charge is -2.37. The minimum atomic E-state index is -0.991. The summed E-state index contributed by atoms with van der Waals surface area (Å²) in [5, 5.41) is 16.0. The Morgan fingerprint density at radius 1 is 0.838 bits per heavy atom. The van der Waals surface area contributed by atoms with Crippen LogP contribution in [0.15, 0.2) is 72.5 Å². The third kappa shape index (κ3) is 3.88. The molecule has 1 aromatic heterocycles. The number of hydrogen-bond acceptors (Lipinski definition) is 3. The standard InChI is InChI=1S/C32H27BFNO2/c1-31(2,36)32(3,4)37-33-20-14-17-26-27(18-20)35-30(19-12-15-21(34)16-13-19)29-25-9-6-5-8-22(25)23-10-7-11-24(23)28(26)29/h5-6,8-18,33,36H,1-4H3. The van der Waals surface area contributed by atoms with E-state index in [1.807, 2.05) is 38.1 Å². The average Bonchev–Trinajstić information content (AvgIpc) is 3.37. The molecule has 6 rings (SSSR count). The molecule has 0 spiro atoms. The van der Waals surface area contributed by atoms with Gasteiger partial charge in [0.25, 0.3) is 0 Å². The van der Waals surface area contributed by atoms with Crippen LogP contribution in [0.5, 0.6) is 0 Å². The first-order chi connectivity index (χ1) is 17.6. The van der Waals surface area contributed by atoms with Crippen LogP contribution in [0.3, 0.4) is 0 Å². The number of halogens is 1. The summed E-state index contributed by atoms with van der Waals surface area (Å²) in [5.41, 5.74) is 7.34. The lowest BCUT2D eigenvalue weighted by atomic mass is 9.81. The average molecular weight is 487 g/mol. The summed E-state index contributed by atoms with van der Waals surface area (Å²) in [5.74, 6) is -0.277. The second-order valence-corrected chi connectivity index (χ2v) is 10.8. The molecule has 0 bridgehead atoms. The molecule has 0 saturated carbocycles. The van der Waals surface area contributed by atoms with Crippen LogP contribution in [0.25, 0.3) is 55.9 Å². The Morgan fingerprint density at radius 2 is 1.54 bits per heavy atom. The summed E-state index contributed by atoms with van der Waals surface area (Å²) in [6.07, 6.45) is 4.09. The van der Waals surface area contributed by atoms with Crippen molar-refractivity contribution in [2.45, 2.75) is 38.9 Å². The maximum absolute atomic E-state index is 13.9. The fraction of sp³-hybridized carbons (Fsp3) is 0.188. The fourth-order valence-electron chi connectivity index (χ4n) is 4.93. The summed E-state index contributed by atoms with van der Waals surface area (Å²) >= 11 is 0. The lowest BCUT2D eigenvalue weighted by Crippen LogP contribution is -2.49. The number of fused-ring (bicyclic) bond motifs is 8. The zero-order chi connectivity index (χ0) is 25.9. The fourth-order valence-corrected chi connectivity index (χ4v) is 4.93. The highest BCUT2D eigenvalue weighted by Crippen LogP contribution is 2.43. The van der Waals surface area contributed by atoms with Crippen molar-refractivity contribution in [1.82, 2.24) is 4.98 Å². The summed E-state index contributed by atoms with van der Waals surface area (Å²) < 4.78 is 20.0. The Balaban J connectivity index is 1.63. The van der Waals surface area contributed by atoms with Gasteiger partial charge in [-0.2, -0.15) is 0 Å². The van der Waals surface area contributed by atoms with Gasteiger partial charge in [-0.3, -0.25) is 0 Å². The molecule has 0 fully saturated rings. The number of benzene rings is 4. The first kappa shape index (κ1) is 23.6. The van der Waals surface area contributed by atoms with E-state index >= 15 is 0 Å². The van der Waals surface area contributed by atoms with E-state index in [9.17, 15) is 9.50 Å². The van der Waals surface area contributed by atoms with E-state index in [0.717, 1.165) is 60.3 Å². The van der Waals surface area contributed by atoms with Gasteiger partial charge in [0.2, 0.25) is 0 Å². The molecule has 0 aliphatic heterocycles. The third-order valence-electron chi connectivity index (χ3n) is 7.74. The Bertz CT molecular complexity index is 1780. The molecule has 182 valence electrons. The molecule has 1 heterocycles. The van der Waals surface area contributed by atoms with Gasteiger partial charge in [-0.15, -0.1) is 5.73 Å². The summed E-state index contributed by atoms with van der Waals surface area (Å²) in [6.45, 7) is 7.28. The van der Waals surface area contributed by atoms with Crippen molar-refractivity contribution in [2.24, 2.45) is 0 Å². The van der Waals surface area contributed by atoms with Crippen LogP contribution in [0, 0.1) is 5.82 Å². The predicted octanol–water partition coefficient (Wildman–Crippen LogP) is 6.53. The molecule has 0 amide bonds. The Hall–Kier alpha value is -3.76. The number of hydrogen-bond donors (Lipinski definition) is 1. The van der Waals surface area contributed by atoms with Crippen LogP contribution in [-0.4, -0.2) is 28.8 Å². The van der Waals surface area contributed by atoms with E-state index in [-0.39, 0.29) is 5.82 Å². The third-order valence-corrected chi connectivity index (χ3v) is 7.74. The van der Waals surface area contributed by atoms with E-state index in [0.29, 0.717) is 7.48 Å². The molecule has 5 heteroatoms. The normalized spacial score (nSPS) is 13.1. The van der Waals surface area contributed by atoms with Crippen LogP contribution in [0.4, 0.5) is 4.39 Å². The molecule has 1 aliphatic carbocycles. The molecular weight excluding hydrogens is 460 g/mol. The monoisotopic (exact) mass is 487 g/mol. The van der Waals surface area contributed by atoms with E-state index in [2.05, 4.69) is 36.1 Å². The zero-order valence-electron chi connectivity index (χ0n) is 21.4. The Kier molecular flexibility index (Phi) is 5.36. The molecule has 4 aromatic carbocycles. The molecule has 1 N–H and O–H groups in total. The van der Waals surface area contributed by atoms with Crippen LogP contribution in [-0.2, 0) is 4.65 Å². The van der Waals surface area contributed by atoms with Crippen molar-refractivity contribution in [1.29, 1.82) is 0 Å². The van der Waals surface area contributed by atoms with Gasteiger partial charge in [0, 0.05) is 21.7 Å². The number of aromatic nitrogens is 1. The van der Waals surface area contributed by atoms with E-state index in [1.54, 1.807) is 26.0 Å². The molecule has 1 aliphatic rings. The zero-order valence-corrected chi connectivity index (χ0v) is 21.4. The summed E-state index contributed by atoms with van der Waals surface area (Å²) in [4.78, 5) is 5.16. The van der Waals surface area contributed by atoms with E-state index in [4.69, 9.17) is 9.64 Å². The van der Waals surface area contributed by atoms with E-state index in [1.165, 1.54) is 12.1 Å². The Labute approximate surface area is 216 Å². The SMILES string of the molecule is CC(C)(O)C(C)(C)OBc1ccc2c(c1)nc(-c1ccc(F)cc1)c1c3ccccc3c3c(c21)C=C=C3. The van der Waals surface area contributed by atoms with Crippen molar-refractivity contribution >= 4 is 57.5 Å². The minimum absolute atomic E-state index is 0.277. The smallest absolute Gasteiger partial charge is 0.309 e. The van der Waals surface area contributed by atoms with Crippen LogP contribution in [0.2, 0.25) is 0 Å². The molecular formula is C32H27BFNO2. The van der Waals surface area contributed by atoms with Gasteiger partial charge in [-0.25, -0.2) is 9.37 Å². The maximum Gasteiger partial charge on any atom is 0.309 e. The van der Waals surface area contributed by atoms with Gasteiger partial charge >= 0.3 is 7.48 Å². The molecule has 0 unspecified atom stereocenters. The topological polar surface area (TPSA) is 42.4 Å². The van der Waals surface area contributed by atoms with Crippen LogP contribution in [0.1, 0.15) is 38.8 Å². The minimum Gasteiger partial charge on any atom is -0.427 e. The van der Waals surface area contributed by atoms with Gasteiger partial charge < -0.3 is 9.76 Å². The number of aliphatic hydroxyl groups is 1. The van der Waals surface area contributed by atoms with Gasteiger partial charge in [0.1, 0.15) is 5.82 Å². The van der Waals surface area contributed by atoms with Crippen molar-refractivity contribution in [3.8, 4) is 11.3 Å². The highest BCUT2D eigenvalue weighted by molar-refractivity contribution is 6.47. The first-order valence-electron chi connectivity index (χ1n) is 12.5. The van der Waals surface area contributed by atoms with Gasteiger partial charge in [-0.1, -0.05) is 41.9 Å². The van der Waals surface area contributed by atoms with Crippen LogP contribution >= 0.6 is 0 Å². The lowest BCUT2D eigenvalue weighted by molar-refractivity contribution is -0.0893.